The van der Waals surface area contributed by atoms with Crippen molar-refractivity contribution in [3.8, 4) is 5.75 Å². The van der Waals surface area contributed by atoms with Crippen LogP contribution in [0.15, 0.2) is 72.8 Å². The zero-order valence-corrected chi connectivity index (χ0v) is 25.8. The third kappa shape index (κ3) is 8.50. The normalized spacial score (nSPS) is 18.9. The molecule has 3 atom stereocenters. The summed E-state index contributed by atoms with van der Waals surface area (Å²) in [5, 5.41) is 0. The Morgan fingerprint density at radius 1 is 1.00 bits per heavy atom. The van der Waals surface area contributed by atoms with Crippen LogP contribution >= 0.6 is 0 Å². The first-order valence-corrected chi connectivity index (χ1v) is 15.6. The number of carbonyl (C=O) groups is 1. The van der Waals surface area contributed by atoms with Gasteiger partial charge < -0.3 is 0 Å². The summed E-state index contributed by atoms with van der Waals surface area (Å²) in [6.07, 6.45) is 1.33. The van der Waals surface area contributed by atoms with E-state index in [9.17, 15) is 4.79 Å². The van der Waals surface area contributed by atoms with E-state index >= 15 is 0 Å². The van der Waals surface area contributed by atoms with E-state index in [4.69, 9.17) is 23.7 Å². The van der Waals surface area contributed by atoms with Gasteiger partial charge in [0.1, 0.15) is 0 Å². The molecule has 0 bridgehead atoms. The van der Waals surface area contributed by atoms with Crippen LogP contribution in [-0.2, 0) is 25.6 Å². The standard InChI is InChI=1S/C33H40O6Se/c1-23-18-27(32(24(2)34)29(19-23)37-22-35-5)31(40-26-14-10-7-11-15-26)17-16-28-30(39-33(3,4)38-28)21-36-20-25-12-8-6-9-13-25/h6-15,18-19,28,30-31H,16-17,20-22H2,1-5H3/t28-,30?,31?/m0/s1. The topological polar surface area (TPSA) is 63.2 Å². The van der Waals surface area contributed by atoms with E-state index in [0.717, 1.165) is 29.5 Å². The Kier molecular flexibility index (Phi) is 11.0. The second kappa shape index (κ2) is 14.4. The van der Waals surface area contributed by atoms with Gasteiger partial charge in [-0.1, -0.05) is 0 Å². The molecule has 3 aromatic carbocycles. The molecule has 0 N–H and O–H groups in total. The average molecular weight is 612 g/mol. The Morgan fingerprint density at radius 2 is 1.68 bits per heavy atom. The Labute approximate surface area is 244 Å². The molecule has 3 aromatic rings. The maximum atomic E-state index is 13.0. The van der Waals surface area contributed by atoms with Crippen LogP contribution < -0.4 is 9.20 Å². The van der Waals surface area contributed by atoms with Crippen molar-refractivity contribution in [3.05, 3.63) is 95.1 Å². The minimum atomic E-state index is -0.680. The number of carbonyl (C=O) groups excluding carboxylic acids is 1. The molecule has 0 saturated carbocycles. The van der Waals surface area contributed by atoms with Crippen LogP contribution in [0.1, 0.15) is 65.5 Å². The summed E-state index contributed by atoms with van der Waals surface area (Å²) in [7, 11) is 1.58. The van der Waals surface area contributed by atoms with Crippen LogP contribution in [0, 0.1) is 6.92 Å². The first kappa shape index (κ1) is 30.4. The Balaban J connectivity index is 1.56. The van der Waals surface area contributed by atoms with Crippen molar-refractivity contribution < 1.29 is 28.5 Å². The first-order valence-electron chi connectivity index (χ1n) is 13.7. The zero-order chi connectivity index (χ0) is 28.5. The van der Waals surface area contributed by atoms with Crippen molar-refractivity contribution in [1.82, 2.24) is 0 Å². The number of methoxy groups -OCH3 is 1. The van der Waals surface area contributed by atoms with Gasteiger partial charge in [0.15, 0.2) is 0 Å². The SMILES string of the molecule is COCOc1cc(C)cc(C(CC[C@@H]2OC(C)(C)OC2COCc2ccccc2)[Se]c2ccccc2)c1C(C)=O. The van der Waals surface area contributed by atoms with Gasteiger partial charge in [-0.3, -0.25) is 0 Å². The van der Waals surface area contributed by atoms with Crippen molar-refractivity contribution in [2.75, 3.05) is 20.5 Å². The summed E-state index contributed by atoms with van der Waals surface area (Å²) in [6.45, 7) is 8.63. The predicted molar refractivity (Wildman–Crippen MR) is 157 cm³/mol. The Bertz CT molecular complexity index is 1230. The van der Waals surface area contributed by atoms with Gasteiger partial charge in [0, 0.05) is 0 Å². The fourth-order valence-corrected chi connectivity index (χ4v) is 7.60. The Hall–Kier alpha value is -2.51. The van der Waals surface area contributed by atoms with Gasteiger partial charge in [0.2, 0.25) is 0 Å². The quantitative estimate of drug-likeness (QED) is 0.131. The first-order chi connectivity index (χ1) is 19.3. The van der Waals surface area contributed by atoms with Crippen molar-refractivity contribution in [1.29, 1.82) is 0 Å². The maximum absolute atomic E-state index is 13.0. The molecule has 6 nitrogen and oxygen atoms in total. The van der Waals surface area contributed by atoms with Crippen LogP contribution in [-0.4, -0.2) is 59.2 Å². The molecule has 0 spiro atoms. The molecule has 1 aliphatic rings. The van der Waals surface area contributed by atoms with E-state index in [1.54, 1.807) is 14.0 Å². The summed E-state index contributed by atoms with van der Waals surface area (Å²) in [4.78, 5) is 13.1. The third-order valence-electron chi connectivity index (χ3n) is 6.72. The molecule has 40 heavy (non-hydrogen) atoms. The summed E-state index contributed by atoms with van der Waals surface area (Å²) in [5.41, 5.74) is 3.84. The van der Waals surface area contributed by atoms with Crippen LogP contribution in [0.5, 0.6) is 5.75 Å². The molecule has 7 heteroatoms. The molecule has 214 valence electrons. The van der Waals surface area contributed by atoms with Gasteiger partial charge in [-0.25, -0.2) is 0 Å². The number of hydrogen-bond acceptors (Lipinski definition) is 6. The van der Waals surface area contributed by atoms with E-state index in [1.807, 2.05) is 51.1 Å². The minimum absolute atomic E-state index is 0.0104. The molecule has 1 aliphatic heterocycles. The summed E-state index contributed by atoms with van der Waals surface area (Å²) < 4.78 is 31.0. The molecular weight excluding hydrogens is 571 g/mol. The van der Waals surface area contributed by atoms with Gasteiger partial charge >= 0.3 is 245 Å². The van der Waals surface area contributed by atoms with Crippen molar-refractivity contribution in [2.45, 2.75) is 70.0 Å². The van der Waals surface area contributed by atoms with Gasteiger partial charge in [-0.15, -0.1) is 0 Å². The van der Waals surface area contributed by atoms with Gasteiger partial charge in [-0.05, 0) is 0 Å². The van der Waals surface area contributed by atoms with Crippen LogP contribution in [0.3, 0.4) is 0 Å². The second-order valence-corrected chi connectivity index (χ2v) is 13.2. The molecule has 4 rings (SSSR count). The average Bonchev–Trinajstić information content (AvgIpc) is 3.23. The van der Waals surface area contributed by atoms with Gasteiger partial charge in [0.25, 0.3) is 0 Å². The van der Waals surface area contributed by atoms with E-state index < -0.39 is 5.79 Å². The number of ketones is 1. The molecule has 1 fully saturated rings. The Morgan fingerprint density at radius 3 is 2.35 bits per heavy atom. The fraction of sp³-hybridized carbons (Fsp3) is 0.424. The number of ether oxygens (including phenoxy) is 5. The summed E-state index contributed by atoms with van der Waals surface area (Å²) >= 11 is 0.0755. The monoisotopic (exact) mass is 612 g/mol. The van der Waals surface area contributed by atoms with Crippen LogP contribution in [0.25, 0.3) is 0 Å². The van der Waals surface area contributed by atoms with E-state index in [0.29, 0.717) is 24.5 Å². The third-order valence-corrected chi connectivity index (χ3v) is 9.49. The molecule has 0 aliphatic carbocycles. The molecule has 0 amide bonds. The van der Waals surface area contributed by atoms with Crippen LogP contribution in [0.2, 0.25) is 0 Å². The molecule has 1 saturated heterocycles. The fourth-order valence-electron chi connectivity index (χ4n) is 5.07. The second-order valence-electron chi connectivity index (χ2n) is 10.5. The number of benzene rings is 3. The van der Waals surface area contributed by atoms with Crippen molar-refractivity contribution >= 4 is 25.2 Å². The molecule has 0 radical (unpaired) electrons. The van der Waals surface area contributed by atoms with Crippen molar-refractivity contribution in [3.63, 3.8) is 0 Å². The van der Waals surface area contributed by atoms with Crippen LogP contribution in [0.4, 0.5) is 0 Å². The molecule has 0 aromatic heterocycles. The molecular formula is C33H40O6Se. The number of rotatable bonds is 14. The van der Waals surface area contributed by atoms with Gasteiger partial charge in [0.05, 0.1) is 0 Å². The van der Waals surface area contributed by atoms with E-state index in [1.165, 1.54) is 4.46 Å². The van der Waals surface area contributed by atoms with Crippen molar-refractivity contribution in [2.24, 2.45) is 0 Å². The summed E-state index contributed by atoms with van der Waals surface area (Å²) in [6, 6.07) is 24.7. The predicted octanol–water partition coefficient (Wildman–Crippen LogP) is 5.77. The summed E-state index contributed by atoms with van der Waals surface area (Å²) in [5.74, 6) is -0.115. The molecule has 2 unspecified atom stereocenters. The number of aryl methyl sites for hydroxylation is 1. The number of Topliss-reactive ketones (excluding diaryl/α,β-unsaturated/α-hetero) is 1. The number of hydrogen-bond donors (Lipinski definition) is 0. The van der Waals surface area contributed by atoms with E-state index in [-0.39, 0.29) is 44.6 Å². The molecule has 1 heterocycles. The van der Waals surface area contributed by atoms with E-state index in [2.05, 4.69) is 42.5 Å². The van der Waals surface area contributed by atoms with Gasteiger partial charge in [-0.2, -0.15) is 0 Å². The zero-order valence-electron chi connectivity index (χ0n) is 24.1.